The Balaban J connectivity index is 1.92. The molecule has 0 aliphatic carbocycles. The van der Waals surface area contributed by atoms with Crippen LogP contribution in [-0.2, 0) is 6.54 Å². The van der Waals surface area contributed by atoms with Gasteiger partial charge in [0, 0.05) is 43.4 Å². The third kappa shape index (κ3) is 6.29. The van der Waals surface area contributed by atoms with Crippen molar-refractivity contribution < 1.29 is 4.79 Å². The molecule has 5 heteroatoms. The molecule has 1 aliphatic rings. The Hall–Kier alpha value is -2.40. The van der Waals surface area contributed by atoms with Crippen molar-refractivity contribution in [2.24, 2.45) is 5.92 Å². The molecule has 2 aromatic rings. The number of nitrogens with one attached hydrogen (secondary N) is 2. The zero-order chi connectivity index (χ0) is 20.5. The van der Waals surface area contributed by atoms with Crippen molar-refractivity contribution in [3.63, 3.8) is 0 Å². The summed E-state index contributed by atoms with van der Waals surface area (Å²) in [4.78, 5) is 19.4. The quantitative estimate of drug-likeness (QED) is 0.778. The Morgan fingerprint density at radius 3 is 2.79 bits per heavy atom. The normalized spacial score (nSPS) is 15.9. The number of fused-ring (bicyclic) bond motifs is 1. The van der Waals surface area contributed by atoms with Crippen molar-refractivity contribution in [3.8, 4) is 0 Å². The van der Waals surface area contributed by atoms with Crippen LogP contribution in [-0.4, -0.2) is 30.5 Å². The molecule has 156 valence electrons. The molecule has 0 radical (unpaired) electrons. The van der Waals surface area contributed by atoms with E-state index in [9.17, 15) is 4.79 Å². The van der Waals surface area contributed by atoms with Crippen molar-refractivity contribution in [1.82, 2.24) is 10.3 Å². The second-order valence-corrected chi connectivity index (χ2v) is 8.26. The van der Waals surface area contributed by atoms with Crippen LogP contribution in [0, 0.1) is 5.92 Å². The maximum Gasteiger partial charge on any atom is 0.259 e. The van der Waals surface area contributed by atoms with Crippen LogP contribution in [0.4, 0.5) is 11.4 Å². The van der Waals surface area contributed by atoms with E-state index in [4.69, 9.17) is 0 Å². The van der Waals surface area contributed by atoms with Crippen LogP contribution in [0.3, 0.4) is 0 Å². The summed E-state index contributed by atoms with van der Waals surface area (Å²) in [7, 11) is 0. The fraction of sp³-hybridized carbons (Fsp3) is 0.500. The summed E-state index contributed by atoms with van der Waals surface area (Å²) >= 11 is 0. The molecule has 3 rings (SSSR count). The highest BCUT2D eigenvalue weighted by Crippen LogP contribution is 2.27. The Morgan fingerprint density at radius 1 is 1.17 bits per heavy atom. The second-order valence-electron chi connectivity index (χ2n) is 8.26. The van der Waals surface area contributed by atoms with E-state index in [1.165, 1.54) is 19.3 Å². The minimum Gasteiger partial charge on any atom is -0.385 e. The minimum absolute atomic E-state index is 0.0271. The third-order valence-electron chi connectivity index (χ3n) is 5.29. The van der Waals surface area contributed by atoms with Crippen molar-refractivity contribution >= 4 is 17.3 Å². The van der Waals surface area contributed by atoms with E-state index in [0.717, 1.165) is 56.0 Å². The standard InChI is InChI=1S/C24H34N4O/c1-19(2)16-27-22-10-11-23-21(15-22)18-25-12-6-4-3-5-7-14-28(23)24(29)20-9-8-13-26-17-20/h8-11,13,15,17,19,25,27H,3-7,12,14,16,18H2,1-2H3. The Morgan fingerprint density at radius 2 is 2.00 bits per heavy atom. The van der Waals surface area contributed by atoms with Gasteiger partial charge >= 0.3 is 0 Å². The largest absolute Gasteiger partial charge is 0.385 e. The number of benzene rings is 1. The van der Waals surface area contributed by atoms with Gasteiger partial charge in [0.2, 0.25) is 0 Å². The molecule has 1 amide bonds. The molecule has 1 aromatic carbocycles. The number of carbonyl (C=O) groups excluding carboxylic acids is 1. The Bertz CT molecular complexity index is 776. The number of pyridine rings is 1. The van der Waals surface area contributed by atoms with Gasteiger partial charge in [-0.3, -0.25) is 9.78 Å². The molecule has 2 heterocycles. The number of rotatable bonds is 4. The van der Waals surface area contributed by atoms with Crippen molar-refractivity contribution in [3.05, 3.63) is 53.9 Å². The summed E-state index contributed by atoms with van der Waals surface area (Å²) in [6, 6.07) is 10.1. The molecule has 2 N–H and O–H groups in total. The van der Waals surface area contributed by atoms with Crippen molar-refractivity contribution in [2.45, 2.75) is 52.5 Å². The lowest BCUT2D eigenvalue weighted by Gasteiger charge is -2.27. The van der Waals surface area contributed by atoms with Gasteiger partial charge in [0.05, 0.1) is 5.56 Å². The first-order valence-electron chi connectivity index (χ1n) is 10.9. The minimum atomic E-state index is 0.0271. The maximum atomic E-state index is 13.3. The highest BCUT2D eigenvalue weighted by Gasteiger charge is 2.21. The lowest BCUT2D eigenvalue weighted by Crippen LogP contribution is -2.33. The monoisotopic (exact) mass is 394 g/mol. The third-order valence-corrected chi connectivity index (χ3v) is 5.29. The van der Waals surface area contributed by atoms with Gasteiger partial charge in [0.25, 0.3) is 5.91 Å². The van der Waals surface area contributed by atoms with Crippen LogP contribution in [0.5, 0.6) is 0 Å². The number of hydrogen-bond acceptors (Lipinski definition) is 4. The predicted octanol–water partition coefficient (Wildman–Crippen LogP) is 4.85. The molecule has 0 fully saturated rings. The second kappa shape index (κ2) is 11.0. The predicted molar refractivity (Wildman–Crippen MR) is 120 cm³/mol. The summed E-state index contributed by atoms with van der Waals surface area (Å²) in [6.45, 7) is 7.86. The summed E-state index contributed by atoms with van der Waals surface area (Å²) in [5.41, 5.74) is 3.92. The molecule has 0 saturated carbocycles. The van der Waals surface area contributed by atoms with Crippen LogP contribution >= 0.6 is 0 Å². The molecule has 0 saturated heterocycles. The first-order chi connectivity index (χ1) is 14.1. The first kappa shape index (κ1) is 21.3. The highest BCUT2D eigenvalue weighted by atomic mass is 16.2. The Kier molecular flexibility index (Phi) is 8.05. The van der Waals surface area contributed by atoms with Gasteiger partial charge < -0.3 is 15.5 Å². The molecule has 1 aromatic heterocycles. The van der Waals surface area contributed by atoms with Crippen LogP contribution < -0.4 is 15.5 Å². The van der Waals surface area contributed by atoms with E-state index in [0.29, 0.717) is 11.5 Å². The molecular formula is C24H34N4O. The van der Waals surface area contributed by atoms with E-state index in [-0.39, 0.29) is 5.91 Å². The smallest absolute Gasteiger partial charge is 0.259 e. The molecular weight excluding hydrogens is 360 g/mol. The summed E-state index contributed by atoms with van der Waals surface area (Å²) < 4.78 is 0. The fourth-order valence-electron chi connectivity index (χ4n) is 3.67. The van der Waals surface area contributed by atoms with Crippen molar-refractivity contribution in [1.29, 1.82) is 0 Å². The highest BCUT2D eigenvalue weighted by molar-refractivity contribution is 6.06. The number of carbonyl (C=O) groups is 1. The van der Waals surface area contributed by atoms with E-state index >= 15 is 0 Å². The molecule has 0 atom stereocenters. The van der Waals surface area contributed by atoms with Crippen molar-refractivity contribution in [2.75, 3.05) is 29.9 Å². The summed E-state index contributed by atoms with van der Waals surface area (Å²) in [5, 5.41) is 7.09. The van der Waals surface area contributed by atoms with Gasteiger partial charge in [-0.15, -0.1) is 0 Å². The average Bonchev–Trinajstić information content (AvgIpc) is 2.73. The lowest BCUT2D eigenvalue weighted by molar-refractivity contribution is 0.0986. The average molecular weight is 395 g/mol. The zero-order valence-electron chi connectivity index (χ0n) is 17.8. The number of amides is 1. The molecule has 1 aliphatic heterocycles. The lowest BCUT2D eigenvalue weighted by atomic mass is 10.1. The summed E-state index contributed by atoms with van der Waals surface area (Å²) in [6.07, 6.45) is 9.21. The van der Waals surface area contributed by atoms with Crippen LogP contribution in [0.1, 0.15) is 61.9 Å². The van der Waals surface area contributed by atoms with Gasteiger partial charge in [-0.2, -0.15) is 0 Å². The number of hydrogen-bond donors (Lipinski definition) is 2. The SMILES string of the molecule is CC(C)CNc1ccc2c(c1)CNCCCCCCCN2C(=O)c1cccnc1. The maximum absolute atomic E-state index is 13.3. The van der Waals surface area contributed by atoms with E-state index in [1.54, 1.807) is 12.4 Å². The van der Waals surface area contributed by atoms with Crippen LogP contribution in [0.15, 0.2) is 42.7 Å². The first-order valence-corrected chi connectivity index (χ1v) is 10.9. The van der Waals surface area contributed by atoms with E-state index in [1.807, 2.05) is 17.0 Å². The fourth-order valence-corrected chi connectivity index (χ4v) is 3.67. The van der Waals surface area contributed by atoms with Gasteiger partial charge in [0.15, 0.2) is 0 Å². The van der Waals surface area contributed by atoms with E-state index in [2.05, 4.69) is 47.7 Å². The van der Waals surface area contributed by atoms with Gasteiger partial charge in [0.1, 0.15) is 0 Å². The Labute approximate surface area is 174 Å². The number of nitrogens with zero attached hydrogens (tertiary/aromatic N) is 2. The molecule has 29 heavy (non-hydrogen) atoms. The number of aromatic nitrogens is 1. The van der Waals surface area contributed by atoms with Gasteiger partial charge in [-0.1, -0.05) is 33.1 Å². The zero-order valence-corrected chi connectivity index (χ0v) is 17.8. The molecule has 5 nitrogen and oxygen atoms in total. The van der Waals surface area contributed by atoms with E-state index < -0.39 is 0 Å². The van der Waals surface area contributed by atoms with Gasteiger partial charge in [-0.25, -0.2) is 0 Å². The molecule has 0 unspecified atom stereocenters. The van der Waals surface area contributed by atoms with Crippen LogP contribution in [0.2, 0.25) is 0 Å². The summed E-state index contributed by atoms with van der Waals surface area (Å²) in [5.74, 6) is 0.608. The molecule has 0 spiro atoms. The van der Waals surface area contributed by atoms with Crippen LogP contribution in [0.25, 0.3) is 0 Å². The topological polar surface area (TPSA) is 57.3 Å². The van der Waals surface area contributed by atoms with Gasteiger partial charge in [-0.05, 0) is 61.2 Å². The molecule has 0 bridgehead atoms. The number of anilines is 2.